The lowest BCUT2D eigenvalue weighted by atomic mass is 10.0. The first kappa shape index (κ1) is 20.8. The molecule has 1 aliphatic rings. The second-order valence-electron chi connectivity index (χ2n) is 8.19. The molecule has 0 spiro atoms. The molecule has 5 nitrogen and oxygen atoms in total. The van der Waals surface area contributed by atoms with E-state index < -0.39 is 9.84 Å². The number of fused-ring (bicyclic) bond motifs is 1. The molecule has 1 atom stereocenters. The maximum atomic E-state index is 12.6. The summed E-state index contributed by atoms with van der Waals surface area (Å²) in [7, 11) is -1.14. The molecule has 1 aromatic heterocycles. The standard InChI is InChI=1S/C24H28N2O3S/c1-25-12-5-6-21(25)17-20-18-26(13-14-27)24-10-9-19(16-23(20)24)11-15-30(28,29)22-7-3-2-4-8-22/h2-4,7-10,14,16,18,21H,5-6,11-13,15,17H2,1H3. The second-order valence-corrected chi connectivity index (χ2v) is 10.3. The predicted octanol–water partition coefficient (Wildman–Crippen LogP) is 3.49. The first-order valence-electron chi connectivity index (χ1n) is 10.5. The Labute approximate surface area is 178 Å². The van der Waals surface area contributed by atoms with Crippen molar-refractivity contribution in [1.82, 2.24) is 9.47 Å². The fourth-order valence-corrected chi connectivity index (χ4v) is 5.77. The van der Waals surface area contributed by atoms with Gasteiger partial charge in [0.1, 0.15) is 6.29 Å². The van der Waals surface area contributed by atoms with E-state index >= 15 is 0 Å². The van der Waals surface area contributed by atoms with Crippen molar-refractivity contribution in [3.63, 3.8) is 0 Å². The highest BCUT2D eigenvalue weighted by Gasteiger charge is 2.23. The lowest BCUT2D eigenvalue weighted by Crippen LogP contribution is -2.26. The summed E-state index contributed by atoms with van der Waals surface area (Å²) in [6, 6.07) is 15.2. The number of sulfone groups is 1. The average molecular weight is 425 g/mol. The highest BCUT2D eigenvalue weighted by atomic mass is 32.2. The summed E-state index contributed by atoms with van der Waals surface area (Å²) in [6.07, 6.45) is 6.84. The van der Waals surface area contributed by atoms with Gasteiger partial charge in [0.15, 0.2) is 9.84 Å². The summed E-state index contributed by atoms with van der Waals surface area (Å²) >= 11 is 0. The Morgan fingerprint density at radius 3 is 2.63 bits per heavy atom. The predicted molar refractivity (Wildman–Crippen MR) is 120 cm³/mol. The summed E-state index contributed by atoms with van der Waals surface area (Å²) < 4.78 is 27.3. The highest BCUT2D eigenvalue weighted by molar-refractivity contribution is 7.91. The number of hydrogen-bond donors (Lipinski definition) is 0. The molecule has 1 aliphatic heterocycles. The number of hydrogen-bond acceptors (Lipinski definition) is 4. The Morgan fingerprint density at radius 2 is 1.93 bits per heavy atom. The molecule has 0 N–H and O–H groups in total. The van der Waals surface area contributed by atoms with Gasteiger partial charge in [0.05, 0.1) is 17.2 Å². The van der Waals surface area contributed by atoms with E-state index in [4.69, 9.17) is 0 Å². The first-order chi connectivity index (χ1) is 14.5. The molecule has 6 heteroatoms. The van der Waals surface area contributed by atoms with Crippen LogP contribution < -0.4 is 0 Å². The van der Waals surface area contributed by atoms with E-state index in [0.717, 1.165) is 35.7 Å². The molecule has 0 aliphatic carbocycles. The molecule has 3 aromatic rings. The third-order valence-electron chi connectivity index (χ3n) is 6.19. The van der Waals surface area contributed by atoms with Gasteiger partial charge in [0.2, 0.25) is 0 Å². The molecular weight excluding hydrogens is 396 g/mol. The zero-order chi connectivity index (χ0) is 21.1. The van der Waals surface area contributed by atoms with E-state index in [1.807, 2.05) is 22.8 Å². The second kappa shape index (κ2) is 8.74. The molecule has 1 saturated heterocycles. The highest BCUT2D eigenvalue weighted by Crippen LogP contribution is 2.28. The molecule has 1 unspecified atom stereocenters. The third-order valence-corrected chi connectivity index (χ3v) is 7.92. The quantitative estimate of drug-likeness (QED) is 0.520. The van der Waals surface area contributed by atoms with Crippen LogP contribution in [0.1, 0.15) is 24.0 Å². The maximum Gasteiger partial charge on any atom is 0.178 e. The lowest BCUT2D eigenvalue weighted by Gasteiger charge is -2.18. The summed E-state index contributed by atoms with van der Waals surface area (Å²) in [5, 5.41) is 1.13. The number of likely N-dealkylation sites (N-methyl/N-ethyl adjacent to an activating group) is 1. The minimum atomic E-state index is -3.31. The molecule has 158 valence electrons. The molecule has 4 rings (SSSR count). The van der Waals surface area contributed by atoms with Crippen molar-refractivity contribution < 1.29 is 13.2 Å². The van der Waals surface area contributed by atoms with E-state index in [1.54, 1.807) is 24.3 Å². The normalized spacial score (nSPS) is 17.6. The molecule has 2 heterocycles. The number of aryl methyl sites for hydroxylation is 1. The van der Waals surface area contributed by atoms with Crippen LogP contribution in [0.5, 0.6) is 0 Å². The van der Waals surface area contributed by atoms with Crippen molar-refractivity contribution in [3.8, 4) is 0 Å². The number of aromatic nitrogens is 1. The number of carbonyl (C=O) groups excluding carboxylic acids is 1. The summed E-state index contributed by atoms with van der Waals surface area (Å²) in [5.74, 6) is 0.0816. The van der Waals surface area contributed by atoms with Crippen LogP contribution in [0.25, 0.3) is 10.9 Å². The molecule has 2 aromatic carbocycles. The van der Waals surface area contributed by atoms with Crippen LogP contribution in [0.3, 0.4) is 0 Å². The van der Waals surface area contributed by atoms with E-state index in [0.29, 0.717) is 23.9 Å². The monoisotopic (exact) mass is 424 g/mol. The molecular formula is C24H28N2O3S. The van der Waals surface area contributed by atoms with Gasteiger partial charge in [-0.1, -0.05) is 24.3 Å². The Morgan fingerprint density at radius 1 is 1.13 bits per heavy atom. The van der Waals surface area contributed by atoms with Gasteiger partial charge in [-0.3, -0.25) is 0 Å². The molecule has 0 saturated carbocycles. The van der Waals surface area contributed by atoms with Crippen molar-refractivity contribution >= 4 is 27.0 Å². The van der Waals surface area contributed by atoms with Gasteiger partial charge >= 0.3 is 0 Å². The van der Waals surface area contributed by atoms with Gasteiger partial charge < -0.3 is 14.3 Å². The average Bonchev–Trinajstić information content (AvgIpc) is 3.31. The smallest absolute Gasteiger partial charge is 0.178 e. The van der Waals surface area contributed by atoms with Crippen molar-refractivity contribution in [1.29, 1.82) is 0 Å². The number of benzene rings is 2. The minimum Gasteiger partial charge on any atom is -0.340 e. The lowest BCUT2D eigenvalue weighted by molar-refractivity contribution is -0.108. The van der Waals surface area contributed by atoms with Crippen molar-refractivity contribution in [3.05, 3.63) is 65.9 Å². The topological polar surface area (TPSA) is 59.4 Å². The Bertz CT molecular complexity index is 1140. The minimum absolute atomic E-state index is 0.0816. The molecule has 30 heavy (non-hydrogen) atoms. The summed E-state index contributed by atoms with van der Waals surface area (Å²) in [5.41, 5.74) is 3.28. The molecule has 1 fully saturated rings. The van der Waals surface area contributed by atoms with Crippen LogP contribution in [-0.2, 0) is 34.0 Å². The SMILES string of the molecule is CN1CCCC1Cc1cn(CC=O)c2ccc(CCS(=O)(=O)c3ccccc3)cc12. The fraction of sp³-hybridized carbons (Fsp3) is 0.375. The van der Waals surface area contributed by atoms with Gasteiger partial charge in [-0.15, -0.1) is 0 Å². The van der Waals surface area contributed by atoms with Crippen LogP contribution in [0.15, 0.2) is 59.6 Å². The number of nitrogens with zero attached hydrogens (tertiary/aromatic N) is 2. The summed E-state index contributed by atoms with van der Waals surface area (Å²) in [4.78, 5) is 13.9. The van der Waals surface area contributed by atoms with Crippen LogP contribution in [0.4, 0.5) is 0 Å². The van der Waals surface area contributed by atoms with Gasteiger partial charge in [-0.05, 0) is 74.7 Å². The fourth-order valence-electron chi connectivity index (χ4n) is 4.46. The first-order valence-corrected chi connectivity index (χ1v) is 12.2. The zero-order valence-electron chi connectivity index (χ0n) is 17.3. The largest absolute Gasteiger partial charge is 0.340 e. The van der Waals surface area contributed by atoms with Crippen molar-refractivity contribution in [2.45, 2.75) is 43.2 Å². The van der Waals surface area contributed by atoms with Gasteiger partial charge in [-0.2, -0.15) is 0 Å². The number of carbonyl (C=O) groups is 1. The zero-order valence-corrected chi connectivity index (χ0v) is 18.1. The molecule has 0 amide bonds. The van der Waals surface area contributed by atoms with E-state index in [9.17, 15) is 13.2 Å². The van der Waals surface area contributed by atoms with E-state index in [-0.39, 0.29) is 5.75 Å². The van der Waals surface area contributed by atoms with Gasteiger partial charge in [-0.25, -0.2) is 8.42 Å². The third kappa shape index (κ3) is 4.35. The van der Waals surface area contributed by atoms with Crippen LogP contribution in [0, 0.1) is 0 Å². The van der Waals surface area contributed by atoms with Crippen LogP contribution >= 0.6 is 0 Å². The Hall–Kier alpha value is -2.44. The summed E-state index contributed by atoms with van der Waals surface area (Å²) in [6.45, 7) is 1.46. The molecule has 0 bridgehead atoms. The number of likely N-dealkylation sites (tertiary alicyclic amines) is 1. The van der Waals surface area contributed by atoms with Crippen LogP contribution in [0.2, 0.25) is 0 Å². The van der Waals surface area contributed by atoms with Crippen molar-refractivity contribution in [2.75, 3.05) is 19.3 Å². The number of aldehydes is 1. The van der Waals surface area contributed by atoms with Crippen molar-refractivity contribution in [2.24, 2.45) is 0 Å². The van der Waals surface area contributed by atoms with Gasteiger partial charge in [0.25, 0.3) is 0 Å². The maximum absolute atomic E-state index is 12.6. The Balaban J connectivity index is 1.60. The molecule has 0 radical (unpaired) electrons. The van der Waals surface area contributed by atoms with E-state index in [2.05, 4.69) is 24.2 Å². The van der Waals surface area contributed by atoms with Crippen LogP contribution in [-0.4, -0.2) is 49.6 Å². The number of rotatable bonds is 8. The Kier molecular flexibility index (Phi) is 6.06. The van der Waals surface area contributed by atoms with E-state index in [1.165, 1.54) is 18.4 Å². The van der Waals surface area contributed by atoms with Gasteiger partial charge in [0, 0.05) is 23.1 Å².